The molecule has 1 aromatic carbocycles. The maximum atomic E-state index is 13.1. The molecule has 2 atom stereocenters. The van der Waals surface area contributed by atoms with Crippen molar-refractivity contribution in [2.24, 2.45) is 11.3 Å². The molecule has 0 radical (unpaired) electrons. The second-order valence-electron chi connectivity index (χ2n) is 8.22. The van der Waals surface area contributed by atoms with Crippen LogP contribution in [0.2, 0.25) is 0 Å². The Morgan fingerprint density at radius 3 is 2.70 bits per heavy atom. The molecule has 1 saturated carbocycles. The van der Waals surface area contributed by atoms with E-state index in [1.165, 1.54) is 16.7 Å². The summed E-state index contributed by atoms with van der Waals surface area (Å²) in [5, 5.41) is 12.4. The molecule has 0 unspecified atom stereocenters. The van der Waals surface area contributed by atoms with Crippen LogP contribution in [0.3, 0.4) is 0 Å². The molecule has 2 fully saturated rings. The fourth-order valence-corrected chi connectivity index (χ4v) is 4.51. The highest BCUT2D eigenvalue weighted by Crippen LogP contribution is 2.52. The van der Waals surface area contributed by atoms with Crippen LogP contribution in [0.15, 0.2) is 30.3 Å². The van der Waals surface area contributed by atoms with Crippen molar-refractivity contribution >= 4 is 17.4 Å². The van der Waals surface area contributed by atoms with Gasteiger partial charge < -0.3 is 10.2 Å². The fourth-order valence-electron chi connectivity index (χ4n) is 4.51. The van der Waals surface area contributed by atoms with Gasteiger partial charge in [0.05, 0.1) is 12.0 Å². The molecule has 144 valence electrons. The van der Waals surface area contributed by atoms with E-state index >= 15 is 0 Å². The molecule has 4 rings (SSSR count). The van der Waals surface area contributed by atoms with Gasteiger partial charge in [0.1, 0.15) is 0 Å². The Morgan fingerprint density at radius 2 is 2.07 bits per heavy atom. The number of hydrogen-bond acceptors (Lipinski definition) is 4. The third kappa shape index (κ3) is 3.51. The topological polar surface area (TPSA) is 81.7 Å². The molecule has 1 aromatic rings. The molecule has 3 N–H and O–H groups in total. The van der Waals surface area contributed by atoms with Crippen LogP contribution in [-0.4, -0.2) is 47.6 Å². The zero-order chi connectivity index (χ0) is 19.0. The quantitative estimate of drug-likeness (QED) is 0.561. The molecule has 2 aliphatic heterocycles. The van der Waals surface area contributed by atoms with Crippen molar-refractivity contribution in [1.29, 1.82) is 0 Å². The first kappa shape index (κ1) is 18.2. The molecule has 6 heteroatoms. The van der Waals surface area contributed by atoms with E-state index in [9.17, 15) is 9.59 Å². The lowest BCUT2D eigenvalue weighted by molar-refractivity contribution is -0.144. The minimum Gasteiger partial charge on any atom is -0.337 e. The van der Waals surface area contributed by atoms with E-state index in [2.05, 4.69) is 30.4 Å². The Hall–Kier alpha value is -2.18. The number of nitrogens with zero attached hydrogens (tertiary/aromatic N) is 1. The lowest BCUT2D eigenvalue weighted by Gasteiger charge is -2.38. The Bertz CT molecular complexity index is 785. The number of piperidine rings is 1. The van der Waals surface area contributed by atoms with Crippen LogP contribution in [-0.2, 0) is 9.59 Å². The molecule has 1 spiro atoms. The number of aryl methyl sites for hydroxylation is 1. The monoisotopic (exact) mass is 369 g/mol. The lowest BCUT2D eigenvalue weighted by atomic mass is 9.81. The molecule has 3 aliphatic rings. The van der Waals surface area contributed by atoms with Gasteiger partial charge in [0.15, 0.2) is 0 Å². The van der Waals surface area contributed by atoms with Gasteiger partial charge in [-0.3, -0.25) is 14.8 Å². The zero-order valence-electron chi connectivity index (χ0n) is 15.7. The maximum absolute atomic E-state index is 13.1. The fraction of sp³-hybridized carbons (Fsp3) is 0.524. The smallest absolute Gasteiger partial charge is 0.248 e. The minimum absolute atomic E-state index is 0.0424. The summed E-state index contributed by atoms with van der Waals surface area (Å²) in [6.07, 6.45) is 5.77. The third-order valence-electron chi connectivity index (χ3n) is 6.43. The number of benzene rings is 1. The van der Waals surface area contributed by atoms with Crippen LogP contribution < -0.4 is 10.8 Å². The summed E-state index contributed by atoms with van der Waals surface area (Å²) in [7, 11) is 0. The summed E-state index contributed by atoms with van der Waals surface area (Å²) in [6.45, 7) is 4.08. The van der Waals surface area contributed by atoms with Crippen molar-refractivity contribution in [2.75, 3.05) is 19.6 Å². The molecule has 2 amide bonds. The number of carbonyl (C=O) groups excluding carboxylic acids is 2. The summed E-state index contributed by atoms with van der Waals surface area (Å²) >= 11 is 0. The highest BCUT2D eigenvalue weighted by atomic mass is 16.5. The number of nitrogens with one attached hydrogen (secondary N) is 2. The van der Waals surface area contributed by atoms with Crippen molar-refractivity contribution in [3.8, 4) is 0 Å². The third-order valence-corrected chi connectivity index (χ3v) is 6.43. The molecular formula is C21H27N3O3. The van der Waals surface area contributed by atoms with Crippen molar-refractivity contribution in [3.63, 3.8) is 0 Å². The average molecular weight is 369 g/mol. The Kier molecular flexibility index (Phi) is 4.78. The van der Waals surface area contributed by atoms with Gasteiger partial charge in [0.2, 0.25) is 11.8 Å². The van der Waals surface area contributed by atoms with Crippen LogP contribution in [0.5, 0.6) is 0 Å². The Morgan fingerprint density at radius 1 is 1.30 bits per heavy atom. The van der Waals surface area contributed by atoms with Gasteiger partial charge in [-0.2, -0.15) is 0 Å². The number of carbonyl (C=O) groups is 2. The molecule has 27 heavy (non-hydrogen) atoms. The SMILES string of the molecule is Cc1ccccc1C1=CCN(C(=O)[C@H]2NCC3(CC3)C[C@@H]2C(=O)NO)CC1. The van der Waals surface area contributed by atoms with Gasteiger partial charge in [-0.15, -0.1) is 0 Å². The van der Waals surface area contributed by atoms with Crippen LogP contribution in [0.4, 0.5) is 0 Å². The van der Waals surface area contributed by atoms with Crippen molar-refractivity contribution in [2.45, 2.75) is 38.6 Å². The molecular weight excluding hydrogens is 342 g/mol. The molecule has 6 nitrogen and oxygen atoms in total. The van der Waals surface area contributed by atoms with Gasteiger partial charge >= 0.3 is 0 Å². The van der Waals surface area contributed by atoms with E-state index in [0.717, 1.165) is 25.8 Å². The summed E-state index contributed by atoms with van der Waals surface area (Å²) < 4.78 is 0. The van der Waals surface area contributed by atoms with Crippen molar-refractivity contribution in [1.82, 2.24) is 15.7 Å². The van der Waals surface area contributed by atoms with E-state index in [-0.39, 0.29) is 11.3 Å². The van der Waals surface area contributed by atoms with Crippen molar-refractivity contribution < 1.29 is 14.8 Å². The number of amides is 2. The number of rotatable bonds is 3. The highest BCUT2D eigenvalue weighted by molar-refractivity contribution is 5.90. The average Bonchev–Trinajstić information content (AvgIpc) is 3.46. The normalized spacial score (nSPS) is 26.4. The predicted molar refractivity (Wildman–Crippen MR) is 102 cm³/mol. The second-order valence-corrected chi connectivity index (χ2v) is 8.22. The molecule has 1 aliphatic carbocycles. The summed E-state index contributed by atoms with van der Waals surface area (Å²) in [5.41, 5.74) is 5.67. The first-order chi connectivity index (χ1) is 13.0. The second kappa shape index (κ2) is 7.09. The standard InChI is InChI=1S/C21H27N3O3/c1-14-4-2-3-5-16(14)15-6-10-24(11-7-15)20(26)18-17(19(25)23-27)12-21(8-9-21)13-22-18/h2-6,17-18,22,27H,7-13H2,1H3,(H,23,25)/t17-,18-/m0/s1. The first-order valence-corrected chi connectivity index (χ1v) is 9.74. The summed E-state index contributed by atoms with van der Waals surface area (Å²) in [6, 6.07) is 7.74. The maximum Gasteiger partial charge on any atom is 0.248 e. The Labute approximate surface area is 159 Å². The van der Waals surface area contributed by atoms with Crippen LogP contribution in [0.1, 0.15) is 36.8 Å². The minimum atomic E-state index is -0.559. The number of hydrogen-bond donors (Lipinski definition) is 3. The van der Waals surface area contributed by atoms with Crippen LogP contribution >= 0.6 is 0 Å². The van der Waals surface area contributed by atoms with Crippen molar-refractivity contribution in [3.05, 3.63) is 41.5 Å². The first-order valence-electron chi connectivity index (χ1n) is 9.74. The van der Waals surface area contributed by atoms with Gasteiger partial charge in [-0.1, -0.05) is 30.3 Å². The zero-order valence-corrected chi connectivity index (χ0v) is 15.7. The lowest BCUT2D eigenvalue weighted by Crippen LogP contribution is -2.59. The molecule has 0 bridgehead atoms. The van der Waals surface area contributed by atoms with E-state index in [0.29, 0.717) is 19.5 Å². The molecule has 0 aromatic heterocycles. The van der Waals surface area contributed by atoms with Crippen LogP contribution in [0.25, 0.3) is 5.57 Å². The van der Waals surface area contributed by atoms with Gasteiger partial charge in [-0.05, 0) is 54.7 Å². The molecule has 2 heterocycles. The van der Waals surface area contributed by atoms with E-state index in [4.69, 9.17) is 5.21 Å². The van der Waals surface area contributed by atoms with Gasteiger partial charge in [0, 0.05) is 19.6 Å². The van der Waals surface area contributed by atoms with Gasteiger partial charge in [0.25, 0.3) is 0 Å². The van der Waals surface area contributed by atoms with E-state index in [1.807, 2.05) is 17.0 Å². The molecule has 1 saturated heterocycles. The largest absolute Gasteiger partial charge is 0.337 e. The Balaban J connectivity index is 1.46. The van der Waals surface area contributed by atoms with E-state index < -0.39 is 17.9 Å². The summed E-state index contributed by atoms with van der Waals surface area (Å²) in [4.78, 5) is 27.1. The summed E-state index contributed by atoms with van der Waals surface area (Å²) in [5.74, 6) is -1.01. The number of hydroxylamine groups is 1. The highest BCUT2D eigenvalue weighted by Gasteiger charge is 2.52. The van der Waals surface area contributed by atoms with Gasteiger partial charge in [-0.25, -0.2) is 5.48 Å². The van der Waals surface area contributed by atoms with E-state index in [1.54, 1.807) is 5.48 Å². The predicted octanol–water partition coefficient (Wildman–Crippen LogP) is 1.87. The van der Waals surface area contributed by atoms with Crippen LogP contribution in [0, 0.1) is 18.3 Å².